The summed E-state index contributed by atoms with van der Waals surface area (Å²) in [5.41, 5.74) is -2.60. The van der Waals surface area contributed by atoms with E-state index in [0.29, 0.717) is 4.88 Å². The van der Waals surface area contributed by atoms with Crippen molar-refractivity contribution in [3.8, 4) is 0 Å². The minimum atomic E-state index is -1.34. The van der Waals surface area contributed by atoms with E-state index in [2.05, 4.69) is 4.74 Å². The average Bonchev–Trinajstić information content (AvgIpc) is 2.89. The number of ketones is 2. The van der Waals surface area contributed by atoms with Gasteiger partial charge in [-0.1, -0.05) is 6.07 Å². The SMILES string of the molecule is COC(=O)C(C)(C)C(=O)C(C)(C)C(=O)c1cccs1. The summed E-state index contributed by atoms with van der Waals surface area (Å²) in [5.74, 6) is -1.35. The molecule has 5 heteroatoms. The normalized spacial score (nSPS) is 12.1. The Labute approximate surface area is 116 Å². The van der Waals surface area contributed by atoms with Gasteiger partial charge in [0.05, 0.1) is 17.4 Å². The molecule has 0 fully saturated rings. The second-order valence-electron chi connectivity index (χ2n) is 5.38. The molecule has 4 nitrogen and oxygen atoms in total. The van der Waals surface area contributed by atoms with E-state index in [0.717, 1.165) is 0 Å². The van der Waals surface area contributed by atoms with E-state index in [1.54, 1.807) is 31.4 Å². The maximum absolute atomic E-state index is 12.5. The van der Waals surface area contributed by atoms with Crippen molar-refractivity contribution in [2.75, 3.05) is 7.11 Å². The molecule has 1 heterocycles. The molecule has 0 unspecified atom stereocenters. The third kappa shape index (κ3) is 2.76. The predicted molar refractivity (Wildman–Crippen MR) is 73.2 cm³/mol. The largest absolute Gasteiger partial charge is 0.468 e. The van der Waals surface area contributed by atoms with Crippen LogP contribution in [0.15, 0.2) is 17.5 Å². The number of hydrogen-bond donors (Lipinski definition) is 0. The number of Topliss-reactive ketones (excluding diaryl/α,β-unsaturated/α-hetero) is 2. The summed E-state index contributed by atoms with van der Waals surface area (Å²) in [5, 5.41) is 1.78. The number of esters is 1. The van der Waals surface area contributed by atoms with E-state index >= 15 is 0 Å². The number of methoxy groups -OCH3 is 1. The molecule has 0 atom stereocenters. The van der Waals surface area contributed by atoms with Gasteiger partial charge in [-0.15, -0.1) is 11.3 Å². The van der Waals surface area contributed by atoms with Crippen molar-refractivity contribution in [2.24, 2.45) is 10.8 Å². The van der Waals surface area contributed by atoms with E-state index in [1.807, 2.05) is 0 Å². The van der Waals surface area contributed by atoms with Crippen molar-refractivity contribution in [3.05, 3.63) is 22.4 Å². The Hall–Kier alpha value is -1.49. The lowest BCUT2D eigenvalue weighted by atomic mass is 9.71. The molecular formula is C14H18O4S. The van der Waals surface area contributed by atoms with Gasteiger partial charge in [0.1, 0.15) is 5.41 Å². The first-order valence-electron chi connectivity index (χ1n) is 5.87. The zero-order valence-electron chi connectivity index (χ0n) is 11.8. The summed E-state index contributed by atoms with van der Waals surface area (Å²) in [4.78, 5) is 37.1. The molecule has 0 aliphatic rings. The molecule has 0 spiro atoms. The van der Waals surface area contributed by atoms with Gasteiger partial charge in [0.2, 0.25) is 0 Å². The second kappa shape index (κ2) is 5.25. The number of hydrogen-bond acceptors (Lipinski definition) is 5. The highest BCUT2D eigenvalue weighted by atomic mass is 32.1. The molecule has 1 aromatic rings. The van der Waals surface area contributed by atoms with Crippen LogP contribution in [-0.2, 0) is 14.3 Å². The third-order valence-electron chi connectivity index (χ3n) is 3.14. The highest BCUT2D eigenvalue weighted by Gasteiger charge is 2.48. The van der Waals surface area contributed by atoms with Gasteiger partial charge in [-0.05, 0) is 39.1 Å². The van der Waals surface area contributed by atoms with Gasteiger partial charge in [-0.3, -0.25) is 14.4 Å². The first-order chi connectivity index (χ1) is 8.65. The lowest BCUT2D eigenvalue weighted by Crippen LogP contribution is -2.46. The minimum Gasteiger partial charge on any atom is -0.468 e. The molecule has 1 rings (SSSR count). The van der Waals surface area contributed by atoms with Crippen LogP contribution in [0.2, 0.25) is 0 Å². The molecule has 0 saturated heterocycles. The summed E-state index contributed by atoms with van der Waals surface area (Å²) in [6.07, 6.45) is 0. The highest BCUT2D eigenvalue weighted by molar-refractivity contribution is 7.12. The Bertz CT molecular complexity index is 498. The number of ether oxygens (including phenoxy) is 1. The molecule has 19 heavy (non-hydrogen) atoms. The fourth-order valence-corrected chi connectivity index (χ4v) is 2.77. The van der Waals surface area contributed by atoms with Crippen molar-refractivity contribution in [2.45, 2.75) is 27.7 Å². The Morgan fingerprint density at radius 3 is 2.11 bits per heavy atom. The Morgan fingerprint density at radius 2 is 1.68 bits per heavy atom. The predicted octanol–water partition coefficient (Wildman–Crippen LogP) is 2.73. The van der Waals surface area contributed by atoms with Crippen LogP contribution in [0.3, 0.4) is 0 Å². The van der Waals surface area contributed by atoms with E-state index in [9.17, 15) is 14.4 Å². The molecule has 0 saturated carbocycles. The molecular weight excluding hydrogens is 264 g/mol. The maximum atomic E-state index is 12.5. The van der Waals surface area contributed by atoms with Gasteiger partial charge < -0.3 is 4.74 Å². The van der Waals surface area contributed by atoms with Crippen LogP contribution in [0.25, 0.3) is 0 Å². The number of carbonyl (C=O) groups is 3. The van der Waals surface area contributed by atoms with Crippen molar-refractivity contribution in [3.63, 3.8) is 0 Å². The molecule has 0 amide bonds. The second-order valence-corrected chi connectivity index (χ2v) is 6.32. The average molecular weight is 282 g/mol. The van der Waals surface area contributed by atoms with Crippen LogP contribution in [0, 0.1) is 10.8 Å². The highest BCUT2D eigenvalue weighted by Crippen LogP contribution is 2.34. The van der Waals surface area contributed by atoms with Crippen molar-refractivity contribution in [1.29, 1.82) is 0 Å². The van der Waals surface area contributed by atoms with Crippen molar-refractivity contribution < 1.29 is 19.1 Å². The first-order valence-corrected chi connectivity index (χ1v) is 6.75. The van der Waals surface area contributed by atoms with Crippen LogP contribution in [0.1, 0.15) is 37.4 Å². The third-order valence-corrected chi connectivity index (χ3v) is 4.01. The Balaban J connectivity index is 3.10. The lowest BCUT2D eigenvalue weighted by molar-refractivity contribution is -0.157. The van der Waals surface area contributed by atoms with Crippen LogP contribution in [-0.4, -0.2) is 24.6 Å². The van der Waals surface area contributed by atoms with Crippen molar-refractivity contribution >= 4 is 28.9 Å². The Kier molecular flexibility index (Phi) is 4.30. The van der Waals surface area contributed by atoms with Crippen LogP contribution in [0.4, 0.5) is 0 Å². The topological polar surface area (TPSA) is 60.4 Å². The van der Waals surface area contributed by atoms with E-state index in [1.165, 1.54) is 32.3 Å². The zero-order chi connectivity index (χ0) is 14.8. The smallest absolute Gasteiger partial charge is 0.318 e. The lowest BCUT2D eigenvalue weighted by Gasteiger charge is -2.29. The molecule has 0 aromatic carbocycles. The van der Waals surface area contributed by atoms with Crippen LogP contribution in [0.5, 0.6) is 0 Å². The monoisotopic (exact) mass is 282 g/mol. The van der Waals surface area contributed by atoms with E-state index in [-0.39, 0.29) is 5.78 Å². The molecule has 1 aromatic heterocycles. The maximum Gasteiger partial charge on any atom is 0.318 e. The first kappa shape index (κ1) is 15.6. The fraction of sp³-hybridized carbons (Fsp3) is 0.500. The standard InChI is InChI=1S/C14H18O4S/c1-13(2,10(15)9-7-6-8-19-9)11(16)14(3,4)12(17)18-5/h6-8H,1-5H3. The summed E-state index contributed by atoms with van der Waals surface area (Å²) < 4.78 is 4.63. The quantitative estimate of drug-likeness (QED) is 0.473. The molecule has 0 radical (unpaired) electrons. The summed E-state index contributed by atoms with van der Waals surface area (Å²) in [6.45, 7) is 6.04. The van der Waals surface area contributed by atoms with E-state index < -0.39 is 22.6 Å². The zero-order valence-corrected chi connectivity index (χ0v) is 12.6. The summed E-state index contributed by atoms with van der Waals surface area (Å²) >= 11 is 1.28. The Morgan fingerprint density at radius 1 is 1.11 bits per heavy atom. The van der Waals surface area contributed by atoms with Gasteiger partial charge in [0.15, 0.2) is 11.6 Å². The van der Waals surface area contributed by atoms with Gasteiger partial charge in [-0.2, -0.15) is 0 Å². The fourth-order valence-electron chi connectivity index (χ4n) is 1.95. The molecule has 0 aliphatic carbocycles. The number of carbonyl (C=O) groups excluding carboxylic acids is 3. The number of thiophene rings is 1. The molecule has 104 valence electrons. The van der Waals surface area contributed by atoms with Gasteiger partial charge in [-0.25, -0.2) is 0 Å². The van der Waals surface area contributed by atoms with Crippen LogP contribution >= 0.6 is 11.3 Å². The molecule has 0 N–H and O–H groups in total. The van der Waals surface area contributed by atoms with Gasteiger partial charge >= 0.3 is 5.97 Å². The minimum absolute atomic E-state index is 0.274. The van der Waals surface area contributed by atoms with E-state index in [4.69, 9.17) is 0 Å². The van der Waals surface area contributed by atoms with Gasteiger partial charge in [0.25, 0.3) is 0 Å². The van der Waals surface area contributed by atoms with Crippen LogP contribution < -0.4 is 0 Å². The number of rotatable bonds is 5. The van der Waals surface area contributed by atoms with Crippen molar-refractivity contribution in [1.82, 2.24) is 0 Å². The summed E-state index contributed by atoms with van der Waals surface area (Å²) in [7, 11) is 1.23. The summed E-state index contributed by atoms with van der Waals surface area (Å²) in [6, 6.07) is 3.43. The molecule has 0 bridgehead atoms. The van der Waals surface area contributed by atoms with Gasteiger partial charge in [0, 0.05) is 0 Å². The molecule has 0 aliphatic heterocycles.